The van der Waals surface area contributed by atoms with E-state index in [1.54, 1.807) is 0 Å². The molecule has 1 heterocycles. The van der Waals surface area contributed by atoms with Gasteiger partial charge in [0.15, 0.2) is 6.29 Å². The second kappa shape index (κ2) is 10.5. The summed E-state index contributed by atoms with van der Waals surface area (Å²) in [4.78, 5) is 26.3. The van der Waals surface area contributed by atoms with Crippen LogP contribution in [0.1, 0.15) is 6.42 Å². The minimum absolute atomic E-state index is 0.0445. The molecule has 190 valence electrons. The fourth-order valence-electron chi connectivity index (χ4n) is 3.48. The maximum atomic E-state index is 13.6. The SMILES string of the molecule is COC(CN(C1CC(=O)N(c2ccc(S(N)(=O)=O)cc2)C1=O)S(=O)(=O)c1cc(Cl)ccc1Cl)OC. The second-order valence-corrected chi connectivity index (χ2v) is 11.6. The van der Waals surface area contributed by atoms with Gasteiger partial charge in [0.2, 0.25) is 26.0 Å². The number of hydrogen-bond acceptors (Lipinski definition) is 8. The molecule has 0 aromatic heterocycles. The van der Waals surface area contributed by atoms with E-state index in [1.807, 2.05) is 0 Å². The zero-order valence-corrected chi connectivity index (χ0v) is 21.6. The smallest absolute Gasteiger partial charge is 0.252 e. The van der Waals surface area contributed by atoms with E-state index in [-0.39, 0.29) is 25.5 Å². The Bertz CT molecular complexity index is 1350. The lowest BCUT2D eigenvalue weighted by Gasteiger charge is -2.29. The number of amides is 2. The first-order chi connectivity index (χ1) is 16.3. The molecule has 0 aliphatic carbocycles. The predicted octanol–water partition coefficient (Wildman–Crippen LogP) is 1.58. The van der Waals surface area contributed by atoms with E-state index in [0.29, 0.717) is 0 Å². The van der Waals surface area contributed by atoms with Crippen LogP contribution in [-0.4, -0.2) is 66.1 Å². The van der Waals surface area contributed by atoms with Crippen LogP contribution in [0, 0.1) is 0 Å². The van der Waals surface area contributed by atoms with Crippen LogP contribution in [0.3, 0.4) is 0 Å². The van der Waals surface area contributed by atoms with E-state index in [4.69, 9.17) is 37.8 Å². The van der Waals surface area contributed by atoms with Crippen LogP contribution in [0.4, 0.5) is 5.69 Å². The standard InChI is InChI=1S/C20H21Cl2N3O8S2/c1-32-19(33-2)11-24(35(30,31)17-9-12(21)3-8-15(17)22)16-10-18(26)25(20(16)27)13-4-6-14(7-5-13)34(23,28)29/h3-9,16,19H,10-11H2,1-2H3,(H2,23,28,29). The van der Waals surface area contributed by atoms with Crippen molar-refractivity contribution in [3.05, 3.63) is 52.5 Å². The summed E-state index contributed by atoms with van der Waals surface area (Å²) in [7, 11) is -5.91. The van der Waals surface area contributed by atoms with Crippen molar-refractivity contribution in [3.63, 3.8) is 0 Å². The van der Waals surface area contributed by atoms with E-state index in [2.05, 4.69) is 0 Å². The number of halogens is 2. The van der Waals surface area contributed by atoms with Crippen molar-refractivity contribution in [2.45, 2.75) is 28.5 Å². The summed E-state index contributed by atoms with van der Waals surface area (Å²) in [5.74, 6) is -1.56. The number of hydrogen-bond donors (Lipinski definition) is 1. The van der Waals surface area contributed by atoms with Crippen molar-refractivity contribution in [2.24, 2.45) is 5.14 Å². The molecule has 35 heavy (non-hydrogen) atoms. The van der Waals surface area contributed by atoms with Gasteiger partial charge in [0.05, 0.1) is 28.6 Å². The summed E-state index contributed by atoms with van der Waals surface area (Å²) < 4.78 is 61.3. The number of anilines is 1. The minimum atomic E-state index is -4.48. The average molecular weight is 566 g/mol. The zero-order valence-electron chi connectivity index (χ0n) is 18.4. The van der Waals surface area contributed by atoms with Crippen molar-refractivity contribution in [2.75, 3.05) is 25.7 Å². The van der Waals surface area contributed by atoms with Gasteiger partial charge in [0.1, 0.15) is 10.9 Å². The maximum Gasteiger partial charge on any atom is 0.252 e. The molecular weight excluding hydrogens is 545 g/mol. The van der Waals surface area contributed by atoms with Gasteiger partial charge in [-0.15, -0.1) is 0 Å². The normalized spacial score (nSPS) is 17.1. The summed E-state index contributed by atoms with van der Waals surface area (Å²) in [5.41, 5.74) is 0.0445. The Morgan fingerprint density at radius 2 is 1.66 bits per heavy atom. The molecule has 3 rings (SSSR count). The minimum Gasteiger partial charge on any atom is -0.354 e. The van der Waals surface area contributed by atoms with Crippen LogP contribution in [0.2, 0.25) is 10.0 Å². The van der Waals surface area contributed by atoms with E-state index < -0.39 is 57.2 Å². The number of methoxy groups -OCH3 is 2. The monoisotopic (exact) mass is 565 g/mol. The number of benzene rings is 2. The van der Waals surface area contributed by atoms with Crippen molar-refractivity contribution in [3.8, 4) is 0 Å². The van der Waals surface area contributed by atoms with Crippen LogP contribution in [-0.2, 0) is 39.1 Å². The van der Waals surface area contributed by atoms with Crippen LogP contribution < -0.4 is 10.0 Å². The number of sulfonamides is 2. The van der Waals surface area contributed by atoms with Gasteiger partial charge in [-0.3, -0.25) is 9.59 Å². The maximum absolute atomic E-state index is 13.6. The second-order valence-electron chi connectivity index (χ2n) is 7.38. The highest BCUT2D eigenvalue weighted by molar-refractivity contribution is 7.89. The third-order valence-electron chi connectivity index (χ3n) is 5.23. The van der Waals surface area contributed by atoms with Crippen LogP contribution >= 0.6 is 23.2 Å². The molecule has 15 heteroatoms. The molecule has 2 aromatic rings. The summed E-state index contributed by atoms with van der Waals surface area (Å²) in [6.45, 7) is -0.444. The first-order valence-electron chi connectivity index (χ1n) is 9.83. The topological polar surface area (TPSA) is 153 Å². The summed E-state index contributed by atoms with van der Waals surface area (Å²) in [6.07, 6.45) is -1.57. The number of rotatable bonds is 9. The third-order valence-corrected chi connectivity index (χ3v) is 8.75. The van der Waals surface area contributed by atoms with Gasteiger partial charge in [0.25, 0.3) is 5.91 Å². The molecule has 0 radical (unpaired) electrons. The molecule has 1 aliphatic heterocycles. The molecule has 1 saturated heterocycles. The first-order valence-corrected chi connectivity index (χ1v) is 13.6. The summed E-state index contributed by atoms with van der Waals surface area (Å²) in [6, 6.07) is 7.06. The molecular formula is C20H21Cl2N3O8S2. The van der Waals surface area contributed by atoms with Gasteiger partial charge in [0, 0.05) is 19.2 Å². The largest absolute Gasteiger partial charge is 0.354 e. The van der Waals surface area contributed by atoms with Gasteiger partial charge in [-0.1, -0.05) is 23.2 Å². The Balaban J connectivity index is 2.05. The molecule has 0 bridgehead atoms. The predicted molar refractivity (Wildman–Crippen MR) is 127 cm³/mol. The summed E-state index contributed by atoms with van der Waals surface area (Å²) in [5, 5.41) is 5.03. The number of primary sulfonamides is 1. The molecule has 1 atom stereocenters. The van der Waals surface area contributed by atoms with Crippen molar-refractivity contribution in [1.82, 2.24) is 4.31 Å². The quantitative estimate of drug-likeness (QED) is 0.355. The van der Waals surface area contributed by atoms with Crippen LogP contribution in [0.15, 0.2) is 52.3 Å². The summed E-state index contributed by atoms with van der Waals surface area (Å²) >= 11 is 12.1. The number of imide groups is 1. The highest BCUT2D eigenvalue weighted by atomic mass is 35.5. The number of ether oxygens (including phenoxy) is 2. The fourth-order valence-corrected chi connectivity index (χ4v) is 6.31. The van der Waals surface area contributed by atoms with E-state index in [0.717, 1.165) is 27.4 Å². The van der Waals surface area contributed by atoms with Gasteiger partial charge in [-0.25, -0.2) is 26.9 Å². The lowest BCUT2D eigenvalue weighted by atomic mass is 10.2. The third kappa shape index (κ3) is 5.67. The average Bonchev–Trinajstić information content (AvgIpc) is 3.08. The Morgan fingerprint density at radius 3 is 2.20 bits per heavy atom. The van der Waals surface area contributed by atoms with Crippen molar-refractivity contribution < 1.29 is 35.9 Å². The Kier molecular flexibility index (Phi) is 8.23. The molecule has 1 aliphatic rings. The molecule has 1 unspecified atom stereocenters. The highest BCUT2D eigenvalue weighted by Crippen LogP contribution is 2.33. The first kappa shape index (κ1) is 27.5. The van der Waals surface area contributed by atoms with E-state index in [1.165, 1.54) is 38.5 Å². The molecule has 0 spiro atoms. The number of nitrogens with zero attached hydrogens (tertiary/aromatic N) is 2. The van der Waals surface area contributed by atoms with Gasteiger partial charge >= 0.3 is 0 Å². The molecule has 2 aromatic carbocycles. The van der Waals surface area contributed by atoms with Crippen molar-refractivity contribution >= 4 is 60.8 Å². The molecule has 2 amide bonds. The van der Waals surface area contributed by atoms with E-state index in [9.17, 15) is 26.4 Å². The van der Waals surface area contributed by atoms with E-state index >= 15 is 0 Å². The number of carbonyl (C=O) groups excluding carboxylic acids is 2. The molecule has 1 fully saturated rings. The number of nitrogens with two attached hydrogens (primary N) is 1. The van der Waals surface area contributed by atoms with Crippen LogP contribution in [0.25, 0.3) is 0 Å². The fraction of sp³-hybridized carbons (Fsp3) is 0.300. The van der Waals surface area contributed by atoms with Gasteiger partial charge in [-0.2, -0.15) is 4.31 Å². The molecule has 0 saturated carbocycles. The van der Waals surface area contributed by atoms with Gasteiger partial charge in [-0.05, 0) is 42.5 Å². The lowest BCUT2D eigenvalue weighted by Crippen LogP contribution is -2.49. The lowest BCUT2D eigenvalue weighted by molar-refractivity contribution is -0.125. The van der Waals surface area contributed by atoms with Gasteiger partial charge < -0.3 is 9.47 Å². The number of carbonyl (C=O) groups is 2. The Morgan fingerprint density at radius 1 is 1.06 bits per heavy atom. The molecule has 2 N–H and O–H groups in total. The zero-order chi connectivity index (χ0) is 26.1. The molecule has 11 nitrogen and oxygen atoms in total. The van der Waals surface area contributed by atoms with Crippen LogP contribution in [0.5, 0.6) is 0 Å². The Labute approximate surface area is 212 Å². The Hall–Kier alpha value is -2.10. The highest BCUT2D eigenvalue weighted by Gasteiger charge is 2.48. The van der Waals surface area contributed by atoms with Crippen molar-refractivity contribution in [1.29, 1.82) is 0 Å².